The van der Waals surface area contributed by atoms with Crippen LogP contribution in [0.4, 0.5) is 17.2 Å². The number of ether oxygens (including phenoxy) is 1. The average molecular weight is 468 g/mol. The van der Waals surface area contributed by atoms with Crippen LogP contribution in [0.15, 0.2) is 36.7 Å². The van der Waals surface area contributed by atoms with Crippen molar-refractivity contribution in [3.63, 3.8) is 0 Å². The average Bonchev–Trinajstić information content (AvgIpc) is 2.79. The molecule has 0 amide bonds. The molecule has 0 saturated carbocycles. The van der Waals surface area contributed by atoms with E-state index in [1.165, 1.54) is 23.1 Å². The number of halogens is 1. The van der Waals surface area contributed by atoms with Gasteiger partial charge in [0, 0.05) is 36.9 Å². The van der Waals surface area contributed by atoms with E-state index < -0.39 is 4.92 Å². The monoisotopic (exact) mass is 467 g/mol. The predicted molar refractivity (Wildman–Crippen MR) is 130 cm³/mol. The highest BCUT2D eigenvalue weighted by molar-refractivity contribution is 6.32. The largest absolute Gasteiger partial charge is 0.434 e. The third kappa shape index (κ3) is 4.57. The SMILES string of the molecule is Cc1cccc(N2CCN(c3ncnc(Oc4cc(C)c(Cl)c(C)c4)c3[N+](=O)[O-])CC2)c1C. The van der Waals surface area contributed by atoms with E-state index in [-0.39, 0.29) is 17.4 Å². The molecule has 0 bridgehead atoms. The van der Waals surface area contributed by atoms with Gasteiger partial charge in [-0.15, -0.1) is 0 Å². The van der Waals surface area contributed by atoms with Gasteiger partial charge in [-0.25, -0.2) is 4.98 Å². The molecule has 2 aromatic carbocycles. The Morgan fingerprint density at radius 1 is 0.970 bits per heavy atom. The standard InChI is InChI=1S/C24H26ClN5O3/c1-15-6-5-7-20(18(15)4)28-8-10-29(11-9-28)23-22(30(31)32)24(27-14-26-23)33-19-12-16(2)21(25)17(3)13-19/h5-7,12-14H,8-11H2,1-4H3. The number of nitrogens with zero attached hydrogens (tertiary/aromatic N) is 5. The minimum absolute atomic E-state index is 0.0805. The Kier molecular flexibility index (Phi) is 6.37. The first-order valence-electron chi connectivity index (χ1n) is 10.8. The molecule has 172 valence electrons. The van der Waals surface area contributed by atoms with E-state index in [9.17, 15) is 10.1 Å². The van der Waals surface area contributed by atoms with Crippen LogP contribution >= 0.6 is 11.6 Å². The fraction of sp³-hybridized carbons (Fsp3) is 0.333. The minimum Gasteiger partial charge on any atom is -0.434 e. The van der Waals surface area contributed by atoms with Crippen molar-refractivity contribution in [1.29, 1.82) is 0 Å². The number of nitro groups is 1. The van der Waals surface area contributed by atoms with Crippen LogP contribution in [0.5, 0.6) is 11.6 Å². The van der Waals surface area contributed by atoms with Crippen molar-refractivity contribution in [3.8, 4) is 11.6 Å². The van der Waals surface area contributed by atoms with Gasteiger partial charge in [0.25, 0.3) is 0 Å². The van der Waals surface area contributed by atoms with E-state index in [1.54, 1.807) is 12.1 Å². The molecule has 33 heavy (non-hydrogen) atoms. The van der Waals surface area contributed by atoms with Crippen molar-refractivity contribution in [2.75, 3.05) is 36.0 Å². The van der Waals surface area contributed by atoms with Gasteiger partial charge >= 0.3 is 11.6 Å². The summed E-state index contributed by atoms with van der Waals surface area (Å²) in [5, 5.41) is 12.7. The van der Waals surface area contributed by atoms with Crippen molar-refractivity contribution in [1.82, 2.24) is 9.97 Å². The summed E-state index contributed by atoms with van der Waals surface area (Å²) in [4.78, 5) is 24.1. The third-order valence-electron chi connectivity index (χ3n) is 6.07. The summed E-state index contributed by atoms with van der Waals surface area (Å²) in [6, 6.07) is 9.76. The molecular formula is C24H26ClN5O3. The Morgan fingerprint density at radius 2 is 1.61 bits per heavy atom. The van der Waals surface area contributed by atoms with E-state index in [2.05, 4.69) is 46.9 Å². The molecule has 0 unspecified atom stereocenters. The maximum atomic E-state index is 12.0. The Bertz CT molecular complexity index is 1190. The molecule has 2 heterocycles. The first kappa shape index (κ1) is 22.8. The number of hydrogen-bond acceptors (Lipinski definition) is 7. The lowest BCUT2D eigenvalue weighted by molar-refractivity contribution is -0.385. The first-order chi connectivity index (χ1) is 15.8. The molecule has 0 atom stereocenters. The van der Waals surface area contributed by atoms with Crippen molar-refractivity contribution >= 4 is 28.8 Å². The highest BCUT2D eigenvalue weighted by Crippen LogP contribution is 2.38. The summed E-state index contributed by atoms with van der Waals surface area (Å²) in [5.74, 6) is 0.637. The minimum atomic E-state index is -0.475. The van der Waals surface area contributed by atoms with E-state index in [4.69, 9.17) is 16.3 Å². The molecule has 0 radical (unpaired) electrons. The molecule has 0 spiro atoms. The molecule has 3 aromatic rings. The highest BCUT2D eigenvalue weighted by Gasteiger charge is 2.31. The molecule has 1 aliphatic heterocycles. The molecule has 8 nitrogen and oxygen atoms in total. The molecule has 4 rings (SSSR count). The summed E-state index contributed by atoms with van der Waals surface area (Å²) in [5.41, 5.74) is 5.11. The summed E-state index contributed by atoms with van der Waals surface area (Å²) < 4.78 is 5.85. The van der Waals surface area contributed by atoms with Crippen LogP contribution in [0.1, 0.15) is 22.3 Å². The zero-order chi connectivity index (χ0) is 23.7. The quantitative estimate of drug-likeness (QED) is 0.367. The van der Waals surface area contributed by atoms with Crippen LogP contribution in [0.25, 0.3) is 0 Å². The summed E-state index contributed by atoms with van der Waals surface area (Å²) >= 11 is 6.24. The van der Waals surface area contributed by atoms with E-state index >= 15 is 0 Å². The van der Waals surface area contributed by atoms with Gasteiger partial charge in [0.05, 0.1) is 4.92 Å². The number of piperazine rings is 1. The molecular weight excluding hydrogens is 442 g/mol. The first-order valence-corrected chi connectivity index (χ1v) is 11.1. The number of hydrogen-bond donors (Lipinski definition) is 0. The summed E-state index contributed by atoms with van der Waals surface area (Å²) in [6.07, 6.45) is 1.31. The van der Waals surface area contributed by atoms with Crippen molar-refractivity contribution in [3.05, 3.63) is 74.0 Å². The number of benzene rings is 2. The van der Waals surface area contributed by atoms with Gasteiger partial charge < -0.3 is 14.5 Å². The second-order valence-corrected chi connectivity index (χ2v) is 8.65. The number of aryl methyl sites for hydroxylation is 3. The second-order valence-electron chi connectivity index (χ2n) is 8.27. The molecule has 0 aliphatic carbocycles. The normalized spacial score (nSPS) is 13.8. The maximum absolute atomic E-state index is 12.0. The number of anilines is 2. The predicted octanol–water partition coefficient (Wildman–Crippen LogP) is 5.39. The summed E-state index contributed by atoms with van der Waals surface area (Å²) in [7, 11) is 0. The van der Waals surface area contributed by atoms with Crippen molar-refractivity contribution in [2.45, 2.75) is 27.7 Å². The number of rotatable bonds is 5. The van der Waals surface area contributed by atoms with Gasteiger partial charge in [0.2, 0.25) is 5.82 Å². The molecule has 1 saturated heterocycles. The Labute approximate surface area is 197 Å². The zero-order valence-corrected chi connectivity index (χ0v) is 19.9. The Balaban J connectivity index is 1.59. The van der Waals surface area contributed by atoms with Gasteiger partial charge in [-0.05, 0) is 68.1 Å². The van der Waals surface area contributed by atoms with Crippen LogP contribution in [-0.2, 0) is 0 Å². The van der Waals surface area contributed by atoms with E-state index in [0.717, 1.165) is 24.2 Å². The van der Waals surface area contributed by atoms with Crippen LogP contribution in [0, 0.1) is 37.8 Å². The van der Waals surface area contributed by atoms with Crippen molar-refractivity contribution in [2.24, 2.45) is 0 Å². The van der Waals surface area contributed by atoms with Gasteiger partial charge in [-0.2, -0.15) is 4.98 Å². The van der Waals surface area contributed by atoms with Crippen LogP contribution < -0.4 is 14.5 Å². The molecule has 9 heteroatoms. The fourth-order valence-corrected chi connectivity index (χ4v) is 4.24. The van der Waals surface area contributed by atoms with Gasteiger partial charge in [-0.1, -0.05) is 23.7 Å². The van der Waals surface area contributed by atoms with Crippen LogP contribution in [0.3, 0.4) is 0 Å². The van der Waals surface area contributed by atoms with Gasteiger partial charge in [0.1, 0.15) is 12.1 Å². The lowest BCUT2D eigenvalue weighted by Crippen LogP contribution is -2.47. The second kappa shape index (κ2) is 9.23. The Hall–Kier alpha value is -3.39. The van der Waals surface area contributed by atoms with Crippen LogP contribution in [0.2, 0.25) is 5.02 Å². The lowest BCUT2D eigenvalue weighted by Gasteiger charge is -2.37. The van der Waals surface area contributed by atoms with Crippen molar-refractivity contribution < 1.29 is 9.66 Å². The molecule has 0 N–H and O–H groups in total. The topological polar surface area (TPSA) is 84.6 Å². The highest BCUT2D eigenvalue weighted by atomic mass is 35.5. The van der Waals surface area contributed by atoms with E-state index in [1.807, 2.05) is 18.7 Å². The fourth-order valence-electron chi connectivity index (χ4n) is 4.13. The van der Waals surface area contributed by atoms with Crippen LogP contribution in [-0.4, -0.2) is 41.1 Å². The zero-order valence-electron chi connectivity index (χ0n) is 19.1. The third-order valence-corrected chi connectivity index (χ3v) is 6.67. The lowest BCUT2D eigenvalue weighted by atomic mass is 10.1. The van der Waals surface area contributed by atoms with Gasteiger partial charge in [-0.3, -0.25) is 10.1 Å². The molecule has 1 fully saturated rings. The summed E-state index contributed by atoms with van der Waals surface area (Å²) in [6.45, 7) is 10.6. The van der Waals surface area contributed by atoms with E-state index in [0.29, 0.717) is 23.9 Å². The molecule has 1 aromatic heterocycles. The Morgan fingerprint density at radius 3 is 2.24 bits per heavy atom. The maximum Gasteiger partial charge on any atom is 0.373 e. The van der Waals surface area contributed by atoms with Gasteiger partial charge in [0.15, 0.2) is 0 Å². The molecule has 1 aliphatic rings. The smallest absolute Gasteiger partial charge is 0.373 e. The number of aromatic nitrogens is 2.